The van der Waals surface area contributed by atoms with Gasteiger partial charge in [-0.25, -0.2) is 0 Å². The Labute approximate surface area is 168 Å². The zero-order valence-electron chi connectivity index (χ0n) is 14.3. The van der Waals surface area contributed by atoms with Gasteiger partial charge in [-0.05, 0) is 61.8 Å². The van der Waals surface area contributed by atoms with E-state index in [1.165, 1.54) is 0 Å². The van der Waals surface area contributed by atoms with E-state index in [-0.39, 0.29) is 11.0 Å². The van der Waals surface area contributed by atoms with E-state index in [1.807, 2.05) is 25.1 Å². The van der Waals surface area contributed by atoms with Crippen LogP contribution in [0.1, 0.15) is 28.8 Å². The Morgan fingerprint density at radius 3 is 2.54 bits per heavy atom. The molecule has 0 radical (unpaired) electrons. The van der Waals surface area contributed by atoms with Crippen LogP contribution in [0.15, 0.2) is 36.4 Å². The number of hydrogen-bond donors (Lipinski definition) is 2. The quantitative estimate of drug-likeness (QED) is 0.700. The van der Waals surface area contributed by atoms with Gasteiger partial charge in [-0.15, -0.1) is 0 Å². The van der Waals surface area contributed by atoms with E-state index >= 15 is 0 Å². The van der Waals surface area contributed by atoms with E-state index in [2.05, 4.69) is 15.5 Å². The van der Waals surface area contributed by atoms with Crippen LogP contribution in [0.5, 0.6) is 0 Å². The molecule has 1 aliphatic rings. The molecule has 1 saturated heterocycles. The minimum atomic E-state index is -0.311. The molecule has 0 aromatic heterocycles. The predicted octanol–water partition coefficient (Wildman–Crippen LogP) is 5.03. The summed E-state index contributed by atoms with van der Waals surface area (Å²) in [4.78, 5) is 14.6. The average Bonchev–Trinajstić information content (AvgIpc) is 3.11. The second-order valence-corrected chi connectivity index (χ2v) is 7.43. The Morgan fingerprint density at radius 1 is 1.12 bits per heavy atom. The van der Waals surface area contributed by atoms with Crippen molar-refractivity contribution in [3.05, 3.63) is 57.6 Å². The van der Waals surface area contributed by atoms with Crippen LogP contribution in [0.4, 0.5) is 11.4 Å². The van der Waals surface area contributed by atoms with Crippen LogP contribution < -0.4 is 15.5 Å². The van der Waals surface area contributed by atoms with Crippen molar-refractivity contribution in [1.82, 2.24) is 5.32 Å². The first-order valence-corrected chi connectivity index (χ1v) is 9.54. The topological polar surface area (TPSA) is 44.4 Å². The first-order chi connectivity index (χ1) is 12.5. The third kappa shape index (κ3) is 4.29. The second kappa shape index (κ2) is 8.25. The highest BCUT2D eigenvalue weighted by molar-refractivity contribution is 7.80. The van der Waals surface area contributed by atoms with Crippen molar-refractivity contribution in [2.75, 3.05) is 23.3 Å². The molecule has 1 aliphatic heterocycles. The molecular weight excluding hydrogens is 389 g/mol. The average molecular weight is 408 g/mol. The van der Waals surface area contributed by atoms with Crippen LogP contribution >= 0.6 is 35.4 Å². The van der Waals surface area contributed by atoms with E-state index in [0.29, 0.717) is 15.6 Å². The van der Waals surface area contributed by atoms with Gasteiger partial charge in [0.2, 0.25) is 0 Å². The molecule has 26 heavy (non-hydrogen) atoms. The first-order valence-electron chi connectivity index (χ1n) is 8.37. The monoisotopic (exact) mass is 407 g/mol. The van der Waals surface area contributed by atoms with E-state index in [9.17, 15) is 4.79 Å². The number of anilines is 2. The van der Waals surface area contributed by atoms with Crippen LogP contribution in [0.3, 0.4) is 0 Å². The summed E-state index contributed by atoms with van der Waals surface area (Å²) >= 11 is 17.8. The molecule has 1 fully saturated rings. The number of amides is 1. The van der Waals surface area contributed by atoms with Gasteiger partial charge in [0.15, 0.2) is 5.11 Å². The van der Waals surface area contributed by atoms with Gasteiger partial charge in [0.1, 0.15) is 0 Å². The summed E-state index contributed by atoms with van der Waals surface area (Å²) < 4.78 is 0. The molecule has 0 aliphatic carbocycles. The summed E-state index contributed by atoms with van der Waals surface area (Å²) in [5.74, 6) is -0.311. The Morgan fingerprint density at radius 2 is 1.85 bits per heavy atom. The van der Waals surface area contributed by atoms with E-state index in [1.54, 1.807) is 18.2 Å². The number of para-hydroxylation sites is 1. The second-order valence-electron chi connectivity index (χ2n) is 6.20. The van der Waals surface area contributed by atoms with Crippen molar-refractivity contribution in [2.24, 2.45) is 0 Å². The highest BCUT2D eigenvalue weighted by Crippen LogP contribution is 2.35. The van der Waals surface area contributed by atoms with Gasteiger partial charge in [0.25, 0.3) is 5.91 Å². The summed E-state index contributed by atoms with van der Waals surface area (Å²) in [7, 11) is 0. The van der Waals surface area contributed by atoms with Crippen LogP contribution in [0.2, 0.25) is 10.0 Å². The number of halogens is 2. The molecule has 1 heterocycles. The van der Waals surface area contributed by atoms with Crippen molar-refractivity contribution >= 4 is 57.8 Å². The molecule has 7 heteroatoms. The van der Waals surface area contributed by atoms with Gasteiger partial charge in [-0.2, -0.15) is 0 Å². The molecule has 136 valence electrons. The van der Waals surface area contributed by atoms with Crippen molar-refractivity contribution < 1.29 is 4.79 Å². The zero-order valence-corrected chi connectivity index (χ0v) is 16.6. The number of benzene rings is 2. The van der Waals surface area contributed by atoms with Crippen molar-refractivity contribution in [1.29, 1.82) is 0 Å². The summed E-state index contributed by atoms with van der Waals surface area (Å²) in [5.41, 5.74) is 3.07. The number of rotatable bonds is 3. The molecule has 0 bridgehead atoms. The van der Waals surface area contributed by atoms with Gasteiger partial charge in [0.05, 0.1) is 16.4 Å². The molecule has 1 amide bonds. The highest BCUT2D eigenvalue weighted by atomic mass is 35.5. The van der Waals surface area contributed by atoms with Crippen molar-refractivity contribution in [3.8, 4) is 0 Å². The van der Waals surface area contributed by atoms with Gasteiger partial charge >= 0.3 is 0 Å². The Balaban J connectivity index is 1.73. The van der Waals surface area contributed by atoms with Crippen molar-refractivity contribution in [3.63, 3.8) is 0 Å². The minimum Gasteiger partial charge on any atom is -0.369 e. The standard InChI is InChI=1S/C19H19Cl2N3OS/c1-12-7-8-13(11-15(12)21)18(25)23-19(26)22-16-6-4-5-14(20)17(16)24-9-2-3-10-24/h4-8,11H,2-3,9-10H2,1H3,(H2,22,23,25,26). The third-order valence-corrected chi connectivity index (χ3v) is 5.23. The van der Waals surface area contributed by atoms with Crippen LogP contribution in [0.25, 0.3) is 0 Å². The lowest BCUT2D eigenvalue weighted by Gasteiger charge is -2.23. The number of carbonyl (C=O) groups excluding carboxylic acids is 1. The lowest BCUT2D eigenvalue weighted by Crippen LogP contribution is -2.34. The van der Waals surface area contributed by atoms with E-state index in [0.717, 1.165) is 42.9 Å². The highest BCUT2D eigenvalue weighted by Gasteiger charge is 2.19. The fourth-order valence-electron chi connectivity index (χ4n) is 2.94. The predicted molar refractivity (Wildman–Crippen MR) is 113 cm³/mol. The third-order valence-electron chi connectivity index (χ3n) is 4.32. The smallest absolute Gasteiger partial charge is 0.257 e. The fourth-order valence-corrected chi connectivity index (χ4v) is 3.62. The first kappa shape index (κ1) is 19.0. The molecule has 2 aromatic carbocycles. The molecule has 0 spiro atoms. The number of nitrogens with zero attached hydrogens (tertiary/aromatic N) is 1. The Bertz CT molecular complexity index is 851. The molecule has 2 N–H and O–H groups in total. The summed E-state index contributed by atoms with van der Waals surface area (Å²) in [6.45, 7) is 3.80. The van der Waals surface area contributed by atoms with E-state index < -0.39 is 0 Å². The molecule has 0 unspecified atom stereocenters. The SMILES string of the molecule is Cc1ccc(C(=O)NC(=S)Nc2cccc(Cl)c2N2CCCC2)cc1Cl. The maximum atomic E-state index is 12.4. The van der Waals surface area contributed by atoms with E-state index in [4.69, 9.17) is 35.4 Å². The molecule has 0 atom stereocenters. The summed E-state index contributed by atoms with van der Waals surface area (Å²) in [6, 6.07) is 10.8. The lowest BCUT2D eigenvalue weighted by molar-refractivity contribution is 0.0977. The largest absolute Gasteiger partial charge is 0.369 e. The van der Waals surface area contributed by atoms with Crippen LogP contribution in [0, 0.1) is 6.92 Å². The number of aryl methyl sites for hydroxylation is 1. The molecule has 2 aromatic rings. The summed E-state index contributed by atoms with van der Waals surface area (Å²) in [6.07, 6.45) is 2.28. The minimum absolute atomic E-state index is 0.217. The Kier molecular flexibility index (Phi) is 6.01. The molecule has 0 saturated carbocycles. The van der Waals surface area contributed by atoms with Gasteiger partial charge in [0, 0.05) is 23.7 Å². The van der Waals surface area contributed by atoms with Crippen LogP contribution in [-0.2, 0) is 0 Å². The normalized spacial score (nSPS) is 13.6. The van der Waals surface area contributed by atoms with Crippen LogP contribution in [-0.4, -0.2) is 24.1 Å². The zero-order chi connectivity index (χ0) is 18.7. The van der Waals surface area contributed by atoms with Gasteiger partial charge in [-0.1, -0.05) is 35.3 Å². The molecule has 4 nitrogen and oxygen atoms in total. The van der Waals surface area contributed by atoms with Gasteiger partial charge in [-0.3, -0.25) is 10.1 Å². The number of thiocarbonyl (C=S) groups is 1. The van der Waals surface area contributed by atoms with Crippen molar-refractivity contribution in [2.45, 2.75) is 19.8 Å². The fraction of sp³-hybridized carbons (Fsp3) is 0.263. The number of nitrogens with one attached hydrogen (secondary N) is 2. The van der Waals surface area contributed by atoms with Gasteiger partial charge < -0.3 is 10.2 Å². The number of hydrogen-bond acceptors (Lipinski definition) is 3. The molecule has 3 rings (SSSR count). The summed E-state index contributed by atoms with van der Waals surface area (Å²) in [5, 5.41) is 7.21. The maximum Gasteiger partial charge on any atom is 0.257 e. The Hall–Kier alpha value is -1.82. The lowest BCUT2D eigenvalue weighted by atomic mass is 10.1. The molecular formula is C19H19Cl2N3OS. The maximum absolute atomic E-state index is 12.4. The number of carbonyl (C=O) groups is 1.